The van der Waals surface area contributed by atoms with E-state index >= 15 is 0 Å². The zero-order chi connectivity index (χ0) is 14.8. The predicted molar refractivity (Wildman–Crippen MR) is 87.8 cm³/mol. The molecule has 1 saturated carbocycles. The summed E-state index contributed by atoms with van der Waals surface area (Å²) < 4.78 is 0. The Labute approximate surface area is 128 Å². The van der Waals surface area contributed by atoms with E-state index in [-0.39, 0.29) is 0 Å². The van der Waals surface area contributed by atoms with Gasteiger partial charge in [0.05, 0.1) is 0 Å². The number of pyridine rings is 1. The summed E-state index contributed by atoms with van der Waals surface area (Å²) in [4.78, 5) is 9.71. The van der Waals surface area contributed by atoms with Crippen LogP contribution >= 0.6 is 0 Å². The monoisotopic (exact) mass is 288 g/mol. The number of hydrogen-bond donors (Lipinski definition) is 1. The summed E-state index contributed by atoms with van der Waals surface area (Å²) in [5, 5.41) is 3.60. The molecule has 4 heteroatoms. The average molecular weight is 288 g/mol. The topological polar surface area (TPSA) is 31.4 Å². The summed E-state index contributed by atoms with van der Waals surface area (Å²) in [6.07, 6.45) is 3.88. The van der Waals surface area contributed by atoms with Gasteiger partial charge in [0, 0.05) is 44.0 Å². The molecule has 1 aliphatic carbocycles. The van der Waals surface area contributed by atoms with Gasteiger partial charge in [0.2, 0.25) is 0 Å². The van der Waals surface area contributed by atoms with E-state index in [1.165, 1.54) is 24.8 Å². The van der Waals surface area contributed by atoms with E-state index in [9.17, 15) is 0 Å². The molecule has 2 fully saturated rings. The van der Waals surface area contributed by atoms with Gasteiger partial charge in [0.15, 0.2) is 0 Å². The second-order valence-electron chi connectivity index (χ2n) is 6.62. The molecule has 116 valence electrons. The molecule has 1 N–H and O–H groups in total. The van der Waals surface area contributed by atoms with Gasteiger partial charge in [0.25, 0.3) is 0 Å². The highest BCUT2D eigenvalue weighted by molar-refractivity contribution is 5.43. The van der Waals surface area contributed by atoms with Crippen molar-refractivity contribution in [1.82, 2.24) is 15.2 Å². The molecule has 0 bridgehead atoms. The van der Waals surface area contributed by atoms with Crippen molar-refractivity contribution < 1.29 is 0 Å². The third-order valence-corrected chi connectivity index (χ3v) is 4.74. The van der Waals surface area contributed by atoms with Crippen LogP contribution in [0.5, 0.6) is 0 Å². The number of hydrogen-bond acceptors (Lipinski definition) is 4. The number of anilines is 1. The third kappa shape index (κ3) is 3.74. The lowest BCUT2D eigenvalue weighted by molar-refractivity contribution is 0.213. The van der Waals surface area contributed by atoms with Gasteiger partial charge >= 0.3 is 0 Å². The standard InChI is InChI=1S/C17H28N4/c1-4-16-12-21(8-7-20(16)3)17-10-14(9-13(2)19-17)11-18-15-5-6-15/h9-10,15-16,18H,4-8,11-12H2,1-3H3. The molecule has 1 atom stereocenters. The summed E-state index contributed by atoms with van der Waals surface area (Å²) in [6.45, 7) is 8.67. The fraction of sp³-hybridized carbons (Fsp3) is 0.706. The van der Waals surface area contributed by atoms with E-state index < -0.39 is 0 Å². The van der Waals surface area contributed by atoms with Crippen LogP contribution < -0.4 is 10.2 Å². The number of piperazine rings is 1. The van der Waals surface area contributed by atoms with E-state index in [0.717, 1.165) is 43.7 Å². The molecule has 2 aliphatic rings. The lowest BCUT2D eigenvalue weighted by Crippen LogP contribution is -2.51. The molecule has 0 radical (unpaired) electrons. The first-order chi connectivity index (χ1) is 10.2. The maximum absolute atomic E-state index is 4.77. The van der Waals surface area contributed by atoms with Crippen LogP contribution in [0.2, 0.25) is 0 Å². The van der Waals surface area contributed by atoms with Gasteiger partial charge in [-0.1, -0.05) is 6.92 Å². The highest BCUT2D eigenvalue weighted by Crippen LogP contribution is 2.22. The number of aromatic nitrogens is 1. The van der Waals surface area contributed by atoms with Crippen molar-refractivity contribution in [3.8, 4) is 0 Å². The Hall–Kier alpha value is -1.13. The van der Waals surface area contributed by atoms with Crippen molar-refractivity contribution in [3.05, 3.63) is 23.4 Å². The Bertz CT molecular complexity index is 484. The lowest BCUT2D eigenvalue weighted by atomic mass is 10.1. The maximum atomic E-state index is 4.77. The SMILES string of the molecule is CCC1CN(c2cc(CNC3CC3)cc(C)n2)CCN1C. The molecule has 1 aromatic rings. The molecule has 0 aromatic carbocycles. The Kier molecular flexibility index (Phi) is 4.45. The lowest BCUT2D eigenvalue weighted by Gasteiger charge is -2.39. The maximum Gasteiger partial charge on any atom is 0.129 e. The van der Waals surface area contributed by atoms with Gasteiger partial charge in [0.1, 0.15) is 5.82 Å². The van der Waals surface area contributed by atoms with Gasteiger partial charge in [-0.3, -0.25) is 4.90 Å². The third-order valence-electron chi connectivity index (χ3n) is 4.74. The number of nitrogens with one attached hydrogen (secondary N) is 1. The fourth-order valence-corrected chi connectivity index (χ4v) is 3.13. The van der Waals surface area contributed by atoms with Crippen LogP contribution in [0.15, 0.2) is 12.1 Å². The zero-order valence-electron chi connectivity index (χ0n) is 13.6. The van der Waals surface area contributed by atoms with Crippen LogP contribution in [0.1, 0.15) is 37.4 Å². The minimum atomic E-state index is 0.647. The predicted octanol–water partition coefficient (Wildman–Crippen LogP) is 2.17. The molecule has 21 heavy (non-hydrogen) atoms. The average Bonchev–Trinajstić information content (AvgIpc) is 3.29. The molecule has 0 amide bonds. The number of nitrogens with zero attached hydrogens (tertiary/aromatic N) is 3. The largest absolute Gasteiger partial charge is 0.354 e. The molecule has 1 unspecified atom stereocenters. The fourth-order valence-electron chi connectivity index (χ4n) is 3.13. The first-order valence-electron chi connectivity index (χ1n) is 8.32. The smallest absolute Gasteiger partial charge is 0.129 e. The normalized spacial score (nSPS) is 23.6. The van der Waals surface area contributed by atoms with E-state index in [2.05, 4.69) is 48.1 Å². The molecule has 1 aromatic heterocycles. The molecule has 4 nitrogen and oxygen atoms in total. The number of aryl methyl sites for hydroxylation is 1. The molecular weight excluding hydrogens is 260 g/mol. The second-order valence-corrected chi connectivity index (χ2v) is 6.62. The first-order valence-corrected chi connectivity index (χ1v) is 8.32. The summed E-state index contributed by atoms with van der Waals surface area (Å²) in [5.74, 6) is 1.16. The molecule has 2 heterocycles. The highest BCUT2D eigenvalue weighted by Gasteiger charge is 2.24. The van der Waals surface area contributed by atoms with Gasteiger partial charge < -0.3 is 10.2 Å². The van der Waals surface area contributed by atoms with Crippen LogP contribution in [0.4, 0.5) is 5.82 Å². The molecule has 1 aliphatic heterocycles. The summed E-state index contributed by atoms with van der Waals surface area (Å²) in [7, 11) is 2.24. The van der Waals surface area contributed by atoms with E-state index in [1.807, 2.05) is 0 Å². The zero-order valence-corrected chi connectivity index (χ0v) is 13.6. The summed E-state index contributed by atoms with van der Waals surface area (Å²) >= 11 is 0. The molecule has 3 rings (SSSR count). The van der Waals surface area contributed by atoms with Crippen molar-refractivity contribution in [2.75, 3.05) is 31.6 Å². The molecular formula is C17H28N4. The van der Waals surface area contributed by atoms with Gasteiger partial charge in [-0.25, -0.2) is 4.98 Å². The van der Waals surface area contributed by atoms with Crippen LogP contribution in [0.25, 0.3) is 0 Å². The van der Waals surface area contributed by atoms with E-state index in [4.69, 9.17) is 4.98 Å². The van der Waals surface area contributed by atoms with Crippen molar-refractivity contribution in [2.45, 2.75) is 51.7 Å². The van der Waals surface area contributed by atoms with Gasteiger partial charge in [-0.15, -0.1) is 0 Å². The second kappa shape index (κ2) is 6.32. The van der Waals surface area contributed by atoms with E-state index in [0.29, 0.717) is 6.04 Å². The van der Waals surface area contributed by atoms with Crippen LogP contribution in [-0.4, -0.2) is 48.6 Å². The van der Waals surface area contributed by atoms with Crippen molar-refractivity contribution in [3.63, 3.8) is 0 Å². The number of rotatable bonds is 5. The van der Waals surface area contributed by atoms with Gasteiger partial charge in [-0.2, -0.15) is 0 Å². The van der Waals surface area contributed by atoms with E-state index in [1.54, 1.807) is 0 Å². The molecule has 0 spiro atoms. The number of likely N-dealkylation sites (N-methyl/N-ethyl adjacent to an activating group) is 1. The Balaban J connectivity index is 1.71. The Morgan fingerprint density at radius 1 is 1.29 bits per heavy atom. The van der Waals surface area contributed by atoms with Crippen LogP contribution in [0, 0.1) is 6.92 Å². The highest BCUT2D eigenvalue weighted by atomic mass is 15.3. The van der Waals surface area contributed by atoms with Crippen molar-refractivity contribution >= 4 is 5.82 Å². The minimum absolute atomic E-state index is 0.647. The summed E-state index contributed by atoms with van der Waals surface area (Å²) in [6, 6.07) is 5.90. The van der Waals surface area contributed by atoms with Crippen molar-refractivity contribution in [2.24, 2.45) is 0 Å². The molecule has 1 saturated heterocycles. The quantitative estimate of drug-likeness (QED) is 0.900. The Morgan fingerprint density at radius 2 is 2.10 bits per heavy atom. The van der Waals surface area contributed by atoms with Gasteiger partial charge in [-0.05, 0) is 50.9 Å². The summed E-state index contributed by atoms with van der Waals surface area (Å²) in [5.41, 5.74) is 2.50. The van der Waals surface area contributed by atoms with Crippen LogP contribution in [0.3, 0.4) is 0 Å². The Morgan fingerprint density at radius 3 is 2.81 bits per heavy atom. The minimum Gasteiger partial charge on any atom is -0.354 e. The van der Waals surface area contributed by atoms with Crippen LogP contribution in [-0.2, 0) is 6.54 Å². The first kappa shape index (κ1) is 14.8. The van der Waals surface area contributed by atoms with Crippen molar-refractivity contribution in [1.29, 1.82) is 0 Å².